The van der Waals surface area contributed by atoms with Gasteiger partial charge in [-0.3, -0.25) is 9.78 Å². The third-order valence-electron chi connectivity index (χ3n) is 6.76. The van der Waals surface area contributed by atoms with E-state index in [4.69, 9.17) is 10.5 Å². The van der Waals surface area contributed by atoms with Gasteiger partial charge in [0.1, 0.15) is 17.3 Å². The highest BCUT2D eigenvalue weighted by Gasteiger charge is 2.29. The van der Waals surface area contributed by atoms with Crippen molar-refractivity contribution < 1.29 is 13.9 Å². The molecule has 0 spiro atoms. The lowest BCUT2D eigenvalue weighted by atomic mass is 10.0. The number of hydrogen-bond acceptors (Lipinski definition) is 5. The van der Waals surface area contributed by atoms with Crippen molar-refractivity contribution in [3.63, 3.8) is 0 Å². The van der Waals surface area contributed by atoms with Crippen LogP contribution in [0.4, 0.5) is 10.2 Å². The Morgan fingerprint density at radius 2 is 2.03 bits per heavy atom. The first kappa shape index (κ1) is 20.9. The lowest BCUT2D eigenvalue weighted by Crippen LogP contribution is -2.41. The number of nitrogens with zero attached hydrogens (tertiary/aromatic N) is 3. The molecule has 1 saturated carbocycles. The number of nitrogens with two attached hydrogens (primary N) is 1. The lowest BCUT2D eigenvalue weighted by Gasteiger charge is -2.31. The molecular weight excluding hydrogens is 409 g/mol. The quantitative estimate of drug-likeness (QED) is 0.600. The second-order valence-corrected chi connectivity index (χ2v) is 9.28. The molecule has 3 N–H and O–H groups in total. The monoisotopic (exact) mass is 437 g/mol. The Morgan fingerprint density at radius 1 is 1.28 bits per heavy atom. The number of fused-ring (bicyclic) bond motifs is 3. The number of hydrogen-bond donors (Lipinski definition) is 2. The van der Waals surface area contributed by atoms with Crippen molar-refractivity contribution in [2.45, 2.75) is 65.3 Å². The van der Waals surface area contributed by atoms with E-state index in [9.17, 15) is 9.18 Å². The van der Waals surface area contributed by atoms with Crippen LogP contribution in [0.3, 0.4) is 0 Å². The zero-order chi connectivity index (χ0) is 22.6. The second kappa shape index (κ2) is 7.85. The molecule has 0 saturated heterocycles. The minimum atomic E-state index is -0.357. The highest BCUT2D eigenvalue weighted by Crippen LogP contribution is 2.40. The number of carbonyl (C=O) groups is 1. The van der Waals surface area contributed by atoms with Gasteiger partial charge in [-0.1, -0.05) is 13.8 Å². The summed E-state index contributed by atoms with van der Waals surface area (Å²) in [5, 5.41) is 0. The van der Waals surface area contributed by atoms with Gasteiger partial charge >= 0.3 is 0 Å². The fourth-order valence-corrected chi connectivity index (χ4v) is 4.27. The molecule has 1 amide bonds. The van der Waals surface area contributed by atoms with Gasteiger partial charge in [-0.2, -0.15) is 0 Å². The molecule has 0 bridgehead atoms. The van der Waals surface area contributed by atoms with Gasteiger partial charge in [0.05, 0.1) is 36.5 Å². The number of rotatable bonds is 6. The summed E-state index contributed by atoms with van der Waals surface area (Å²) in [7, 11) is 0. The number of anilines is 1. The number of amides is 1. The third kappa shape index (κ3) is 3.62. The maximum Gasteiger partial charge on any atom is 0.270 e. The van der Waals surface area contributed by atoms with Gasteiger partial charge in [-0.25, -0.2) is 9.37 Å². The molecule has 32 heavy (non-hydrogen) atoms. The van der Waals surface area contributed by atoms with Crippen LogP contribution in [0.2, 0.25) is 0 Å². The van der Waals surface area contributed by atoms with Crippen molar-refractivity contribution in [1.82, 2.24) is 19.9 Å². The zero-order valence-corrected chi connectivity index (χ0v) is 18.6. The normalized spacial score (nSPS) is 16.5. The summed E-state index contributed by atoms with van der Waals surface area (Å²) in [6.07, 6.45) is 3.92. The van der Waals surface area contributed by atoms with Gasteiger partial charge in [0.25, 0.3) is 5.91 Å². The predicted octanol–water partition coefficient (Wildman–Crippen LogP) is 4.27. The smallest absolute Gasteiger partial charge is 0.270 e. The third-order valence-corrected chi connectivity index (χ3v) is 6.76. The number of nitrogens with one attached hydrogen (secondary N) is 1. The van der Waals surface area contributed by atoms with Crippen LogP contribution < -0.4 is 5.73 Å². The molecule has 7 nitrogen and oxygen atoms in total. The molecule has 2 aliphatic rings. The van der Waals surface area contributed by atoms with E-state index in [1.165, 1.54) is 0 Å². The van der Waals surface area contributed by atoms with Crippen LogP contribution >= 0.6 is 0 Å². The van der Waals surface area contributed by atoms with E-state index in [0.29, 0.717) is 36.2 Å². The molecule has 8 heteroatoms. The maximum absolute atomic E-state index is 14.8. The molecule has 1 fully saturated rings. The van der Waals surface area contributed by atoms with Gasteiger partial charge in [0.15, 0.2) is 0 Å². The molecule has 3 aromatic heterocycles. The van der Waals surface area contributed by atoms with E-state index >= 15 is 0 Å². The summed E-state index contributed by atoms with van der Waals surface area (Å²) in [5.41, 5.74) is 10.9. The van der Waals surface area contributed by atoms with Gasteiger partial charge in [0, 0.05) is 23.4 Å². The Kier molecular flexibility index (Phi) is 5.12. The number of aromatic nitrogens is 3. The Labute approximate surface area is 186 Å². The number of aromatic amines is 1. The number of H-pyrrole nitrogens is 1. The van der Waals surface area contributed by atoms with Crippen molar-refractivity contribution >= 4 is 22.8 Å². The summed E-state index contributed by atoms with van der Waals surface area (Å²) in [6, 6.07) is 3.17. The highest BCUT2D eigenvalue weighted by atomic mass is 19.1. The minimum Gasteiger partial charge on any atom is -0.383 e. The first-order chi connectivity index (χ1) is 15.3. The number of halogens is 1. The summed E-state index contributed by atoms with van der Waals surface area (Å²) in [5.74, 6) is 0.462. The summed E-state index contributed by atoms with van der Waals surface area (Å²) >= 11 is 0. The first-order valence-electron chi connectivity index (χ1n) is 11.2. The molecule has 0 unspecified atom stereocenters. The molecular formula is C24H28FN5O2. The van der Waals surface area contributed by atoms with Crippen LogP contribution in [-0.2, 0) is 24.5 Å². The number of pyridine rings is 2. The zero-order valence-electron chi connectivity index (χ0n) is 18.6. The second-order valence-electron chi connectivity index (χ2n) is 9.28. The first-order valence-corrected chi connectivity index (χ1v) is 11.2. The maximum atomic E-state index is 14.8. The molecule has 4 heterocycles. The van der Waals surface area contributed by atoms with Gasteiger partial charge < -0.3 is 20.4 Å². The van der Waals surface area contributed by atoms with E-state index in [1.807, 2.05) is 20.8 Å². The van der Waals surface area contributed by atoms with E-state index in [-0.39, 0.29) is 35.9 Å². The molecule has 0 radical (unpaired) electrons. The Hall–Kier alpha value is -3.00. The molecule has 0 aromatic carbocycles. The molecule has 3 aromatic rings. The topological polar surface area (TPSA) is 97.1 Å². The van der Waals surface area contributed by atoms with Crippen LogP contribution in [0.25, 0.3) is 11.0 Å². The molecule has 168 valence electrons. The van der Waals surface area contributed by atoms with Gasteiger partial charge in [-0.15, -0.1) is 0 Å². The van der Waals surface area contributed by atoms with E-state index in [1.54, 1.807) is 23.2 Å². The Balaban J connectivity index is 1.49. The van der Waals surface area contributed by atoms with Crippen molar-refractivity contribution in [2.75, 3.05) is 5.73 Å². The lowest BCUT2D eigenvalue weighted by molar-refractivity contribution is 0.0617. The molecule has 1 aliphatic heterocycles. The molecule has 1 atom stereocenters. The van der Waals surface area contributed by atoms with Crippen molar-refractivity contribution in [1.29, 1.82) is 0 Å². The largest absolute Gasteiger partial charge is 0.383 e. The van der Waals surface area contributed by atoms with E-state index in [0.717, 1.165) is 35.0 Å². The SMILES string of the molecule is CC(C)[C@@H](C)N(Cc1ncc(C2CC2)cc1F)C(=O)c1cc2nc(N)c3c(c2[nH]1)COC3. The predicted molar refractivity (Wildman–Crippen MR) is 119 cm³/mol. The van der Waals surface area contributed by atoms with Crippen LogP contribution in [0, 0.1) is 11.7 Å². The summed E-state index contributed by atoms with van der Waals surface area (Å²) in [6.45, 7) is 7.02. The molecule has 1 aliphatic carbocycles. The summed E-state index contributed by atoms with van der Waals surface area (Å²) in [4.78, 5) is 27.3. The highest BCUT2D eigenvalue weighted by molar-refractivity contribution is 5.98. The van der Waals surface area contributed by atoms with E-state index in [2.05, 4.69) is 15.0 Å². The standard InChI is InChI=1S/C24H28FN5O2/c1-12(2)13(3)30(9-21-18(25)6-15(8-27-21)14-4-5-14)24(31)20-7-19-22(28-20)16-10-32-11-17(16)23(26)29-19/h6-8,12-14,28H,4-5,9-11H2,1-3H3,(H2,26,29)/t13-/m1/s1. The molecule has 5 rings (SSSR count). The average Bonchev–Trinajstić information content (AvgIpc) is 3.33. The minimum absolute atomic E-state index is 0.0983. The van der Waals surface area contributed by atoms with Gasteiger partial charge in [0.2, 0.25) is 0 Å². The van der Waals surface area contributed by atoms with Crippen LogP contribution in [0.15, 0.2) is 18.3 Å². The van der Waals surface area contributed by atoms with Crippen LogP contribution in [0.5, 0.6) is 0 Å². The van der Waals surface area contributed by atoms with Crippen molar-refractivity contribution in [3.05, 3.63) is 52.2 Å². The fourth-order valence-electron chi connectivity index (χ4n) is 4.27. The van der Waals surface area contributed by atoms with E-state index < -0.39 is 0 Å². The number of carbonyl (C=O) groups excluding carboxylic acids is 1. The van der Waals surface area contributed by atoms with Crippen molar-refractivity contribution in [3.8, 4) is 0 Å². The number of ether oxygens (including phenoxy) is 1. The Bertz CT molecular complexity index is 1200. The van der Waals surface area contributed by atoms with Crippen LogP contribution in [-0.4, -0.2) is 31.8 Å². The number of nitrogen functional groups attached to an aromatic ring is 1. The fraction of sp³-hybridized carbons (Fsp3) is 0.458. The summed E-state index contributed by atoms with van der Waals surface area (Å²) < 4.78 is 20.4. The van der Waals surface area contributed by atoms with Gasteiger partial charge in [-0.05, 0) is 49.3 Å². The average molecular weight is 438 g/mol. The van der Waals surface area contributed by atoms with Crippen LogP contribution in [0.1, 0.15) is 72.4 Å². The van der Waals surface area contributed by atoms with Crippen molar-refractivity contribution in [2.24, 2.45) is 5.92 Å². The Morgan fingerprint density at radius 3 is 2.72 bits per heavy atom.